The fraction of sp³-hybridized carbons (Fsp3) is 0.333. The number of rotatable bonds is 8. The second-order valence-electron chi connectivity index (χ2n) is 6.23. The van der Waals surface area contributed by atoms with E-state index in [9.17, 15) is 9.59 Å². The number of aryl methyl sites for hydroxylation is 1. The molecule has 0 aliphatic carbocycles. The number of carbonyl (C=O) groups excluding carboxylic acids is 2. The van der Waals surface area contributed by atoms with Crippen LogP contribution in [0.4, 0.5) is 5.69 Å². The lowest BCUT2D eigenvalue weighted by molar-refractivity contribution is -0.116. The lowest BCUT2D eigenvalue weighted by Crippen LogP contribution is -2.34. The fourth-order valence-electron chi connectivity index (χ4n) is 2.62. The molecular formula is C21H26N2O2. The highest BCUT2D eigenvalue weighted by molar-refractivity contribution is 5.99. The van der Waals surface area contributed by atoms with E-state index in [1.54, 1.807) is 19.2 Å². The van der Waals surface area contributed by atoms with E-state index in [1.165, 1.54) is 29.7 Å². The summed E-state index contributed by atoms with van der Waals surface area (Å²) in [7, 11) is 1.63. The molecule has 2 rings (SSSR count). The molecule has 1 N–H and O–H groups in total. The van der Waals surface area contributed by atoms with Crippen LogP contribution in [0.15, 0.2) is 54.6 Å². The number of nitrogens with zero attached hydrogens (tertiary/aromatic N) is 1. The first-order valence-corrected chi connectivity index (χ1v) is 8.79. The maximum absolute atomic E-state index is 12.2. The predicted molar refractivity (Wildman–Crippen MR) is 102 cm³/mol. The number of nitrogens with one attached hydrogen (secondary N) is 1. The van der Waals surface area contributed by atoms with E-state index >= 15 is 0 Å². The van der Waals surface area contributed by atoms with Crippen LogP contribution in [-0.2, 0) is 11.2 Å². The second-order valence-corrected chi connectivity index (χ2v) is 6.23. The highest BCUT2D eigenvalue weighted by Crippen LogP contribution is 2.12. The molecule has 0 aliphatic heterocycles. The smallest absolute Gasteiger partial charge is 0.254 e. The lowest BCUT2D eigenvalue weighted by atomic mass is 10.1. The Bertz CT molecular complexity index is 681. The molecule has 0 aromatic heterocycles. The van der Waals surface area contributed by atoms with E-state index in [2.05, 4.69) is 12.2 Å². The van der Waals surface area contributed by atoms with E-state index in [4.69, 9.17) is 0 Å². The Hall–Kier alpha value is -2.62. The summed E-state index contributed by atoms with van der Waals surface area (Å²) in [5.41, 5.74) is 2.61. The zero-order valence-electron chi connectivity index (χ0n) is 15.0. The van der Waals surface area contributed by atoms with Crippen molar-refractivity contribution in [3.05, 3.63) is 65.7 Å². The average Bonchev–Trinajstić information content (AvgIpc) is 2.63. The zero-order valence-corrected chi connectivity index (χ0v) is 15.0. The number of benzene rings is 2. The Labute approximate surface area is 149 Å². The van der Waals surface area contributed by atoms with Crippen molar-refractivity contribution in [3.63, 3.8) is 0 Å². The van der Waals surface area contributed by atoms with Crippen molar-refractivity contribution in [3.8, 4) is 0 Å². The molecule has 2 aromatic carbocycles. The first-order chi connectivity index (χ1) is 12.1. The Morgan fingerprint density at radius 1 is 0.960 bits per heavy atom. The third-order valence-electron chi connectivity index (χ3n) is 4.05. The Kier molecular flexibility index (Phi) is 7.20. The monoisotopic (exact) mass is 338 g/mol. The van der Waals surface area contributed by atoms with Crippen molar-refractivity contribution in [1.29, 1.82) is 0 Å². The summed E-state index contributed by atoms with van der Waals surface area (Å²) in [5, 5.41) is 2.84. The number of likely N-dealkylation sites (N-methyl/N-ethyl adjacent to an activating group) is 1. The van der Waals surface area contributed by atoms with E-state index in [-0.39, 0.29) is 18.4 Å². The van der Waals surface area contributed by atoms with Crippen molar-refractivity contribution in [1.82, 2.24) is 4.90 Å². The van der Waals surface area contributed by atoms with Crippen LogP contribution >= 0.6 is 0 Å². The first-order valence-electron chi connectivity index (χ1n) is 8.79. The van der Waals surface area contributed by atoms with E-state index < -0.39 is 0 Å². The van der Waals surface area contributed by atoms with Crippen LogP contribution in [0.25, 0.3) is 0 Å². The summed E-state index contributed by atoms with van der Waals surface area (Å²) in [4.78, 5) is 25.8. The molecule has 0 saturated carbocycles. The minimum absolute atomic E-state index is 0.0198. The van der Waals surface area contributed by atoms with Crippen LogP contribution in [0.3, 0.4) is 0 Å². The summed E-state index contributed by atoms with van der Waals surface area (Å²) in [6, 6.07) is 16.9. The van der Waals surface area contributed by atoms with Crippen LogP contribution in [0.5, 0.6) is 0 Å². The molecule has 0 spiro atoms. The van der Waals surface area contributed by atoms with E-state index in [0.29, 0.717) is 5.56 Å². The third kappa shape index (κ3) is 6.07. The summed E-state index contributed by atoms with van der Waals surface area (Å²) in [6.45, 7) is 2.21. The van der Waals surface area contributed by atoms with Crippen molar-refractivity contribution in [2.24, 2.45) is 0 Å². The summed E-state index contributed by atoms with van der Waals surface area (Å²) >= 11 is 0. The van der Waals surface area contributed by atoms with E-state index in [1.807, 2.05) is 42.5 Å². The molecule has 25 heavy (non-hydrogen) atoms. The highest BCUT2D eigenvalue weighted by Gasteiger charge is 2.14. The SMILES string of the molecule is CCCCCc1ccc(NC(=O)CN(C)C(=O)c2ccccc2)cc1. The van der Waals surface area contributed by atoms with Crippen molar-refractivity contribution >= 4 is 17.5 Å². The minimum atomic E-state index is -0.203. The van der Waals surface area contributed by atoms with Gasteiger partial charge in [0.2, 0.25) is 5.91 Å². The number of anilines is 1. The van der Waals surface area contributed by atoms with Gasteiger partial charge in [0, 0.05) is 18.3 Å². The van der Waals surface area contributed by atoms with Gasteiger partial charge in [0.05, 0.1) is 6.54 Å². The quantitative estimate of drug-likeness (QED) is 0.736. The predicted octanol–water partition coefficient (Wildman–Crippen LogP) is 4.13. The maximum atomic E-state index is 12.2. The standard InChI is InChI=1S/C21H26N2O2/c1-3-4-6-9-17-12-14-19(15-13-17)22-20(24)16-23(2)21(25)18-10-7-5-8-11-18/h5,7-8,10-15H,3-4,6,9,16H2,1-2H3,(H,22,24). The zero-order chi connectivity index (χ0) is 18.1. The number of amides is 2. The van der Waals surface area contributed by atoms with Gasteiger partial charge >= 0.3 is 0 Å². The Morgan fingerprint density at radius 3 is 2.28 bits per heavy atom. The number of unbranched alkanes of at least 4 members (excludes halogenated alkanes) is 2. The average molecular weight is 338 g/mol. The fourth-order valence-corrected chi connectivity index (χ4v) is 2.62. The topological polar surface area (TPSA) is 49.4 Å². The van der Waals surface area contributed by atoms with Crippen molar-refractivity contribution < 1.29 is 9.59 Å². The van der Waals surface area contributed by atoms with Gasteiger partial charge in [-0.1, -0.05) is 50.1 Å². The molecule has 0 fully saturated rings. The van der Waals surface area contributed by atoms with Gasteiger partial charge in [0.1, 0.15) is 0 Å². The molecule has 0 heterocycles. The van der Waals surface area contributed by atoms with Crippen LogP contribution in [0.2, 0.25) is 0 Å². The molecule has 0 saturated heterocycles. The van der Waals surface area contributed by atoms with Gasteiger partial charge in [-0.25, -0.2) is 0 Å². The van der Waals surface area contributed by atoms with Crippen LogP contribution in [-0.4, -0.2) is 30.3 Å². The third-order valence-corrected chi connectivity index (χ3v) is 4.05. The maximum Gasteiger partial charge on any atom is 0.254 e. The summed E-state index contributed by atoms with van der Waals surface area (Å²) in [5.74, 6) is -0.368. The molecule has 0 unspecified atom stereocenters. The molecular weight excluding hydrogens is 312 g/mol. The van der Waals surface area contributed by atoms with E-state index in [0.717, 1.165) is 12.1 Å². The molecule has 0 aliphatic rings. The van der Waals surface area contributed by atoms with Gasteiger partial charge in [-0.3, -0.25) is 9.59 Å². The summed E-state index contributed by atoms with van der Waals surface area (Å²) in [6.07, 6.45) is 4.70. The van der Waals surface area contributed by atoms with Crippen LogP contribution < -0.4 is 5.32 Å². The van der Waals surface area contributed by atoms with Gasteiger partial charge < -0.3 is 10.2 Å². The van der Waals surface area contributed by atoms with Gasteiger partial charge in [0.25, 0.3) is 5.91 Å². The highest BCUT2D eigenvalue weighted by atomic mass is 16.2. The number of hydrogen-bond acceptors (Lipinski definition) is 2. The first kappa shape index (κ1) is 18.7. The summed E-state index contributed by atoms with van der Waals surface area (Å²) < 4.78 is 0. The lowest BCUT2D eigenvalue weighted by Gasteiger charge is -2.17. The van der Waals surface area contributed by atoms with Gasteiger partial charge in [-0.05, 0) is 42.7 Å². The largest absolute Gasteiger partial charge is 0.332 e. The minimum Gasteiger partial charge on any atom is -0.332 e. The van der Waals surface area contributed by atoms with Crippen LogP contribution in [0.1, 0.15) is 42.1 Å². The normalized spacial score (nSPS) is 10.3. The van der Waals surface area contributed by atoms with Gasteiger partial charge in [-0.15, -0.1) is 0 Å². The van der Waals surface area contributed by atoms with Crippen molar-refractivity contribution in [2.75, 3.05) is 18.9 Å². The molecule has 0 bridgehead atoms. The molecule has 0 radical (unpaired) electrons. The molecule has 132 valence electrons. The molecule has 4 nitrogen and oxygen atoms in total. The number of hydrogen-bond donors (Lipinski definition) is 1. The Morgan fingerprint density at radius 2 is 1.64 bits per heavy atom. The molecule has 4 heteroatoms. The van der Waals surface area contributed by atoms with Gasteiger partial charge in [0.15, 0.2) is 0 Å². The number of carbonyl (C=O) groups is 2. The second kappa shape index (κ2) is 9.62. The van der Waals surface area contributed by atoms with Crippen molar-refractivity contribution in [2.45, 2.75) is 32.6 Å². The Balaban J connectivity index is 1.84. The van der Waals surface area contributed by atoms with Gasteiger partial charge in [-0.2, -0.15) is 0 Å². The molecule has 0 atom stereocenters. The molecule has 2 amide bonds. The molecule has 2 aromatic rings. The van der Waals surface area contributed by atoms with Crippen LogP contribution in [0, 0.1) is 0 Å².